The van der Waals surface area contributed by atoms with Crippen molar-refractivity contribution in [1.82, 2.24) is 10.2 Å². The molecule has 0 spiro atoms. The first-order valence-corrected chi connectivity index (χ1v) is 13.6. The first-order chi connectivity index (χ1) is 16.8. The third kappa shape index (κ3) is 3.47. The van der Waals surface area contributed by atoms with Gasteiger partial charge in [0.15, 0.2) is 0 Å². The fourth-order valence-corrected chi connectivity index (χ4v) is 8.76. The molecule has 1 heterocycles. The summed E-state index contributed by atoms with van der Waals surface area (Å²) < 4.78 is 0. The number of likely N-dealkylation sites (N-methyl/N-ethyl adjacent to an activating group) is 1. The second-order valence-electron chi connectivity index (χ2n) is 12.2. The van der Waals surface area contributed by atoms with E-state index >= 15 is 0 Å². The largest absolute Gasteiger partial charge is 0.348 e. The lowest BCUT2D eigenvalue weighted by molar-refractivity contribution is -0.141. The molecular weight excluding hydrogens is 432 g/mol. The monoisotopic (exact) mass is 470 g/mol. The molecule has 4 nitrogen and oxygen atoms in total. The third-order valence-corrected chi connectivity index (χ3v) is 10.5. The normalized spacial score (nSPS) is 36.3. The SMILES string of the molecule is CN1C(=O)C(C(=O)NCc2cccc3ccccc23)=C[C@@]2(C)C1CC[C@@H]1[C@H]2CC[C@]2(C)CCC[C@@H]12. The standard InChI is InChI=1S/C31H38N2O2/c1-30-16-7-12-25(30)23-13-14-27-31(2,26(23)15-17-30)18-24(29(35)33(27)3)28(34)32-19-21-10-6-9-20-8-4-5-11-22(20)21/h4-6,8-11,18,23,25-27H,7,12-17,19H2,1-3H3,(H,32,34)/t23-,25-,26+,27?,30-,31+/m0/s1. The zero-order chi connectivity index (χ0) is 24.4. The quantitative estimate of drug-likeness (QED) is 0.572. The van der Waals surface area contributed by atoms with Crippen LogP contribution in [-0.2, 0) is 16.1 Å². The Hall–Kier alpha value is -2.62. The van der Waals surface area contributed by atoms with Gasteiger partial charge in [-0.05, 0) is 78.0 Å². The highest BCUT2D eigenvalue weighted by Gasteiger charge is 2.59. The molecule has 2 aromatic rings. The predicted octanol–water partition coefficient (Wildman–Crippen LogP) is 5.86. The lowest BCUT2D eigenvalue weighted by atomic mass is 9.48. The van der Waals surface area contributed by atoms with Crippen molar-refractivity contribution < 1.29 is 9.59 Å². The van der Waals surface area contributed by atoms with Crippen molar-refractivity contribution in [3.05, 3.63) is 59.7 Å². The number of hydrogen-bond acceptors (Lipinski definition) is 2. The Kier molecular flexibility index (Phi) is 5.36. The fourth-order valence-electron chi connectivity index (χ4n) is 8.76. The van der Waals surface area contributed by atoms with Gasteiger partial charge in [-0.1, -0.05) is 68.8 Å². The molecule has 6 atom stereocenters. The number of nitrogens with zero attached hydrogens (tertiary/aromatic N) is 1. The van der Waals surface area contributed by atoms with Crippen LogP contribution in [-0.4, -0.2) is 29.8 Å². The van der Waals surface area contributed by atoms with E-state index in [0.29, 0.717) is 23.5 Å². The zero-order valence-electron chi connectivity index (χ0n) is 21.3. The predicted molar refractivity (Wildman–Crippen MR) is 139 cm³/mol. The van der Waals surface area contributed by atoms with Crippen LogP contribution in [0.2, 0.25) is 0 Å². The minimum absolute atomic E-state index is 0.122. The van der Waals surface area contributed by atoms with Crippen molar-refractivity contribution >= 4 is 22.6 Å². The third-order valence-electron chi connectivity index (χ3n) is 10.5. The molecule has 35 heavy (non-hydrogen) atoms. The highest BCUT2D eigenvalue weighted by atomic mass is 16.2. The van der Waals surface area contributed by atoms with Crippen LogP contribution in [0.4, 0.5) is 0 Å². The average molecular weight is 471 g/mol. The van der Waals surface area contributed by atoms with Crippen LogP contribution in [0.15, 0.2) is 54.1 Å². The van der Waals surface area contributed by atoms with E-state index < -0.39 is 0 Å². The molecule has 3 aliphatic carbocycles. The van der Waals surface area contributed by atoms with Gasteiger partial charge in [-0.15, -0.1) is 0 Å². The lowest BCUT2D eigenvalue weighted by Crippen LogP contribution is -2.61. The Morgan fingerprint density at radius 1 is 1.00 bits per heavy atom. The van der Waals surface area contributed by atoms with Crippen LogP contribution >= 0.6 is 0 Å². The number of carbonyl (C=O) groups excluding carboxylic acids is 2. The molecule has 2 amide bonds. The first kappa shape index (κ1) is 22.8. The Labute approximate surface area is 209 Å². The second-order valence-corrected chi connectivity index (χ2v) is 12.2. The highest BCUT2D eigenvalue weighted by Crippen LogP contribution is 2.64. The summed E-state index contributed by atoms with van der Waals surface area (Å²) in [6, 6.07) is 14.6. The molecule has 1 aliphatic heterocycles. The summed E-state index contributed by atoms with van der Waals surface area (Å²) >= 11 is 0. The molecular formula is C31H38N2O2. The van der Waals surface area contributed by atoms with Gasteiger partial charge in [0.25, 0.3) is 11.8 Å². The number of amides is 2. The Bertz CT molecular complexity index is 1210. The van der Waals surface area contributed by atoms with Gasteiger partial charge in [0.05, 0.1) is 0 Å². The van der Waals surface area contributed by atoms with E-state index in [1.807, 2.05) is 30.1 Å². The van der Waals surface area contributed by atoms with E-state index in [2.05, 4.69) is 49.5 Å². The van der Waals surface area contributed by atoms with Crippen molar-refractivity contribution in [3.63, 3.8) is 0 Å². The summed E-state index contributed by atoms with van der Waals surface area (Å²) in [6.45, 7) is 5.28. The minimum atomic E-state index is -0.238. The van der Waals surface area contributed by atoms with Crippen LogP contribution in [0.5, 0.6) is 0 Å². The van der Waals surface area contributed by atoms with Gasteiger partial charge in [-0.2, -0.15) is 0 Å². The van der Waals surface area contributed by atoms with Gasteiger partial charge in [-0.3, -0.25) is 9.59 Å². The second kappa shape index (κ2) is 8.21. The van der Waals surface area contributed by atoms with E-state index in [-0.39, 0.29) is 23.3 Å². The molecule has 3 fully saturated rings. The van der Waals surface area contributed by atoms with Gasteiger partial charge in [0, 0.05) is 25.0 Å². The first-order valence-electron chi connectivity index (χ1n) is 13.6. The molecule has 4 aliphatic rings. The van der Waals surface area contributed by atoms with Gasteiger partial charge < -0.3 is 10.2 Å². The average Bonchev–Trinajstić information content (AvgIpc) is 3.26. The summed E-state index contributed by atoms with van der Waals surface area (Å²) in [5.74, 6) is 1.71. The van der Waals surface area contributed by atoms with Crippen LogP contribution in [0, 0.1) is 28.6 Å². The molecule has 1 unspecified atom stereocenters. The molecule has 2 aromatic carbocycles. The van der Waals surface area contributed by atoms with Gasteiger partial charge in [-0.25, -0.2) is 0 Å². The Morgan fingerprint density at radius 3 is 2.66 bits per heavy atom. The topological polar surface area (TPSA) is 49.4 Å². The fraction of sp³-hybridized carbons (Fsp3) is 0.548. The van der Waals surface area contributed by atoms with Gasteiger partial charge in [0.1, 0.15) is 5.57 Å². The molecule has 0 saturated heterocycles. The van der Waals surface area contributed by atoms with Gasteiger partial charge in [0.2, 0.25) is 0 Å². The Balaban J connectivity index is 1.28. The number of rotatable bonds is 3. The number of benzene rings is 2. The van der Waals surface area contributed by atoms with Crippen LogP contribution in [0.1, 0.15) is 64.4 Å². The van der Waals surface area contributed by atoms with Crippen LogP contribution in [0.3, 0.4) is 0 Å². The molecule has 0 aromatic heterocycles. The zero-order valence-corrected chi connectivity index (χ0v) is 21.3. The van der Waals surface area contributed by atoms with E-state index in [4.69, 9.17) is 0 Å². The summed E-state index contributed by atoms with van der Waals surface area (Å²) in [5.41, 5.74) is 1.78. The van der Waals surface area contributed by atoms with Crippen molar-refractivity contribution in [2.75, 3.05) is 7.05 Å². The van der Waals surface area contributed by atoms with Crippen molar-refractivity contribution in [2.45, 2.75) is 71.4 Å². The Morgan fingerprint density at radius 2 is 1.80 bits per heavy atom. The summed E-state index contributed by atoms with van der Waals surface area (Å²) in [6.07, 6.45) is 11.0. The number of carbonyl (C=O) groups is 2. The summed E-state index contributed by atoms with van der Waals surface area (Å²) in [7, 11) is 1.92. The van der Waals surface area contributed by atoms with E-state index in [0.717, 1.165) is 34.6 Å². The van der Waals surface area contributed by atoms with Crippen LogP contribution in [0.25, 0.3) is 10.8 Å². The maximum atomic E-state index is 13.4. The number of nitrogens with one attached hydrogen (secondary N) is 1. The smallest absolute Gasteiger partial charge is 0.259 e. The molecule has 0 radical (unpaired) electrons. The molecule has 6 rings (SSSR count). The molecule has 184 valence electrons. The minimum Gasteiger partial charge on any atom is -0.348 e. The molecule has 3 saturated carbocycles. The van der Waals surface area contributed by atoms with E-state index in [1.54, 1.807) is 0 Å². The molecule has 4 heteroatoms. The maximum absolute atomic E-state index is 13.4. The van der Waals surface area contributed by atoms with Crippen molar-refractivity contribution in [1.29, 1.82) is 0 Å². The van der Waals surface area contributed by atoms with Crippen LogP contribution < -0.4 is 5.32 Å². The number of hydrogen-bond donors (Lipinski definition) is 1. The van der Waals surface area contributed by atoms with E-state index in [1.165, 1.54) is 38.5 Å². The van der Waals surface area contributed by atoms with E-state index in [9.17, 15) is 9.59 Å². The number of fused-ring (bicyclic) bond motifs is 6. The molecule has 1 N–H and O–H groups in total. The maximum Gasteiger partial charge on any atom is 0.259 e. The summed E-state index contributed by atoms with van der Waals surface area (Å²) in [5, 5.41) is 5.38. The highest BCUT2D eigenvalue weighted by molar-refractivity contribution is 6.19. The summed E-state index contributed by atoms with van der Waals surface area (Å²) in [4.78, 5) is 28.7. The van der Waals surface area contributed by atoms with Gasteiger partial charge >= 0.3 is 0 Å². The van der Waals surface area contributed by atoms with Crippen molar-refractivity contribution in [3.8, 4) is 0 Å². The molecule has 0 bridgehead atoms. The van der Waals surface area contributed by atoms with Crippen molar-refractivity contribution in [2.24, 2.45) is 28.6 Å². The lowest BCUT2D eigenvalue weighted by Gasteiger charge is -2.60.